The average Bonchev–Trinajstić information content (AvgIpc) is 3.43. The van der Waals surface area contributed by atoms with Gasteiger partial charge in [-0.15, -0.1) is 0 Å². The lowest BCUT2D eigenvalue weighted by atomic mass is 10.1. The number of anilines is 3. The number of nitrogens with zero attached hydrogens (tertiary/aromatic N) is 5. The molecule has 1 saturated heterocycles. The van der Waals surface area contributed by atoms with Gasteiger partial charge in [0, 0.05) is 17.1 Å². The van der Waals surface area contributed by atoms with Crippen molar-refractivity contribution in [1.29, 1.82) is 0 Å². The van der Waals surface area contributed by atoms with Crippen molar-refractivity contribution in [3.05, 3.63) is 47.3 Å². The molecule has 1 saturated carbocycles. The predicted molar refractivity (Wildman–Crippen MR) is 157 cm³/mol. The third kappa shape index (κ3) is 5.29. The molecule has 0 bridgehead atoms. The van der Waals surface area contributed by atoms with Crippen LogP contribution in [0.1, 0.15) is 33.6 Å². The average molecular weight is 621 g/mol. The highest BCUT2D eigenvalue weighted by Gasteiger charge is 2.56. The number of carbonyl (C=O) groups excluding carboxylic acids is 3. The number of rotatable bonds is 5. The first-order valence-electron chi connectivity index (χ1n) is 13.3. The number of aromatic nitrogens is 4. The number of nitrogens with one attached hydrogen (secondary N) is 2. The number of nitrogen functional groups attached to an aromatic ring is 1. The Kier molecular flexibility index (Phi) is 6.56. The van der Waals surface area contributed by atoms with Crippen molar-refractivity contribution in [2.24, 2.45) is 5.92 Å². The molecule has 41 heavy (non-hydrogen) atoms. The summed E-state index contributed by atoms with van der Waals surface area (Å²) in [6.45, 7) is 5.31. The number of fused-ring (bicyclic) bond motifs is 4. The number of likely N-dealkylation sites (tertiary alicyclic amines) is 1. The molecule has 1 aromatic carbocycles. The lowest BCUT2D eigenvalue weighted by Gasteiger charge is -2.27. The van der Waals surface area contributed by atoms with Gasteiger partial charge in [-0.3, -0.25) is 14.9 Å². The Morgan fingerprint density at radius 2 is 1.93 bits per heavy atom. The normalized spacial score (nSPS) is 19.7. The van der Waals surface area contributed by atoms with E-state index in [2.05, 4.69) is 41.5 Å². The van der Waals surface area contributed by atoms with Gasteiger partial charge in [0.05, 0.1) is 10.9 Å². The molecule has 212 valence electrons. The summed E-state index contributed by atoms with van der Waals surface area (Å²) in [7, 11) is 0. The molecule has 4 heterocycles. The number of hydrogen-bond acceptors (Lipinski definition) is 8. The van der Waals surface area contributed by atoms with Crippen LogP contribution in [0, 0.1) is 5.92 Å². The molecule has 3 atom stereocenters. The van der Waals surface area contributed by atoms with Crippen molar-refractivity contribution in [2.75, 3.05) is 16.4 Å². The van der Waals surface area contributed by atoms with Crippen molar-refractivity contribution >= 4 is 73.1 Å². The molecule has 1 aliphatic heterocycles. The summed E-state index contributed by atoms with van der Waals surface area (Å²) in [5.41, 5.74) is 7.29. The topological polar surface area (TPSA) is 157 Å². The number of ether oxygens (including phenoxy) is 1. The van der Waals surface area contributed by atoms with Crippen molar-refractivity contribution in [1.82, 2.24) is 24.4 Å². The van der Waals surface area contributed by atoms with Gasteiger partial charge in [0.25, 0.3) is 0 Å². The van der Waals surface area contributed by atoms with Crippen LogP contribution < -0.4 is 16.4 Å². The van der Waals surface area contributed by atoms with Crippen molar-refractivity contribution < 1.29 is 19.1 Å². The maximum atomic E-state index is 13.8. The molecule has 6 rings (SSSR count). The Morgan fingerprint density at radius 1 is 1.12 bits per heavy atom. The second-order valence-corrected chi connectivity index (χ2v) is 12.2. The number of benzene rings is 1. The van der Waals surface area contributed by atoms with E-state index in [1.165, 1.54) is 6.33 Å². The van der Waals surface area contributed by atoms with Gasteiger partial charge in [-0.2, -0.15) is 0 Å². The molecule has 3 aromatic heterocycles. The third-order valence-corrected chi connectivity index (χ3v) is 7.71. The largest absolute Gasteiger partial charge is 0.444 e. The van der Waals surface area contributed by atoms with Crippen molar-refractivity contribution in [3.63, 3.8) is 0 Å². The first-order chi connectivity index (χ1) is 19.5. The quantitative estimate of drug-likeness (QED) is 0.279. The fourth-order valence-corrected chi connectivity index (χ4v) is 5.89. The summed E-state index contributed by atoms with van der Waals surface area (Å²) in [5, 5.41) is 6.85. The molecule has 2 fully saturated rings. The minimum absolute atomic E-state index is 0.0335. The van der Waals surface area contributed by atoms with E-state index in [0.29, 0.717) is 50.4 Å². The van der Waals surface area contributed by atoms with E-state index in [4.69, 9.17) is 10.5 Å². The van der Waals surface area contributed by atoms with E-state index < -0.39 is 17.7 Å². The number of nitrogens with two attached hydrogens (primary N) is 1. The Morgan fingerprint density at radius 3 is 2.68 bits per heavy atom. The van der Waals surface area contributed by atoms with Gasteiger partial charge < -0.3 is 25.3 Å². The van der Waals surface area contributed by atoms with E-state index in [1.807, 2.05) is 0 Å². The van der Waals surface area contributed by atoms with E-state index in [9.17, 15) is 14.4 Å². The number of hydrogen-bond donors (Lipinski definition) is 3. The second kappa shape index (κ2) is 9.98. The molecule has 1 aliphatic carbocycles. The van der Waals surface area contributed by atoms with Gasteiger partial charge in [0.2, 0.25) is 11.8 Å². The Bertz CT molecular complexity index is 1710. The Hall–Kier alpha value is -4.26. The number of carbonyl (C=O) groups is 3. The molecule has 13 heteroatoms. The summed E-state index contributed by atoms with van der Waals surface area (Å²) in [6.07, 6.45) is 2.26. The Balaban J connectivity index is 1.29. The predicted octanol–water partition coefficient (Wildman–Crippen LogP) is 4.30. The van der Waals surface area contributed by atoms with Crippen LogP contribution in [0.15, 0.2) is 47.3 Å². The highest BCUT2D eigenvalue weighted by Crippen LogP contribution is 2.48. The number of halogens is 1. The molecular formula is C28H29BrN8O4. The Labute approximate surface area is 243 Å². The first-order valence-corrected chi connectivity index (χ1v) is 14.0. The molecule has 0 radical (unpaired) electrons. The van der Waals surface area contributed by atoms with Crippen LogP contribution >= 0.6 is 15.9 Å². The summed E-state index contributed by atoms with van der Waals surface area (Å²) >= 11 is 3.32. The zero-order chi connectivity index (χ0) is 29.1. The lowest BCUT2D eigenvalue weighted by molar-refractivity contribution is -0.138. The van der Waals surface area contributed by atoms with Crippen LogP contribution in [0.3, 0.4) is 0 Å². The van der Waals surface area contributed by atoms with Crippen LogP contribution in [-0.2, 0) is 20.9 Å². The third-order valence-electron chi connectivity index (χ3n) is 7.27. The zero-order valence-corrected chi connectivity index (χ0v) is 24.3. The second-order valence-electron chi connectivity index (χ2n) is 11.4. The van der Waals surface area contributed by atoms with Gasteiger partial charge in [-0.25, -0.2) is 19.7 Å². The van der Waals surface area contributed by atoms with E-state index in [1.54, 1.807) is 66.6 Å². The highest BCUT2D eigenvalue weighted by molar-refractivity contribution is 9.10. The number of piperidine rings is 1. The van der Waals surface area contributed by atoms with Crippen LogP contribution in [0.4, 0.5) is 22.1 Å². The summed E-state index contributed by atoms with van der Waals surface area (Å²) in [6, 6.07) is 9.99. The highest BCUT2D eigenvalue weighted by atomic mass is 79.9. The fourth-order valence-electron chi connectivity index (χ4n) is 5.55. The van der Waals surface area contributed by atoms with Crippen LogP contribution in [0.2, 0.25) is 0 Å². The SMILES string of the molecule is CC(C)(C)OC(=O)Nc1ccc2c(c1)c1c(N)ncnc1n2CC(=O)N1[C@@H]2CC2C[C@H]1C(=O)Nc1cccc(Br)n1. The summed E-state index contributed by atoms with van der Waals surface area (Å²) in [4.78, 5) is 54.0. The number of amides is 3. The molecule has 4 aromatic rings. The van der Waals surface area contributed by atoms with Gasteiger partial charge in [-0.05, 0) is 85.8 Å². The van der Waals surface area contributed by atoms with Crippen LogP contribution in [0.25, 0.3) is 21.9 Å². The maximum absolute atomic E-state index is 13.8. The summed E-state index contributed by atoms with van der Waals surface area (Å²) in [5.74, 6) is 0.528. The zero-order valence-electron chi connectivity index (χ0n) is 22.7. The van der Waals surface area contributed by atoms with Gasteiger partial charge >= 0.3 is 6.09 Å². The smallest absolute Gasteiger partial charge is 0.412 e. The fraction of sp³-hybridized carbons (Fsp3) is 0.357. The summed E-state index contributed by atoms with van der Waals surface area (Å²) < 4.78 is 7.76. The minimum atomic E-state index is -0.651. The van der Waals surface area contributed by atoms with Crippen LogP contribution in [-0.4, -0.2) is 60.0 Å². The van der Waals surface area contributed by atoms with E-state index in [-0.39, 0.29) is 30.2 Å². The van der Waals surface area contributed by atoms with Gasteiger partial charge in [0.1, 0.15) is 46.4 Å². The van der Waals surface area contributed by atoms with Crippen LogP contribution in [0.5, 0.6) is 0 Å². The first kappa shape index (κ1) is 26.9. The van der Waals surface area contributed by atoms with Gasteiger partial charge in [-0.1, -0.05) is 6.07 Å². The lowest BCUT2D eigenvalue weighted by Crippen LogP contribution is -2.46. The molecular weight excluding hydrogens is 592 g/mol. The minimum Gasteiger partial charge on any atom is -0.444 e. The van der Waals surface area contributed by atoms with E-state index in [0.717, 1.165) is 6.42 Å². The van der Waals surface area contributed by atoms with Crippen molar-refractivity contribution in [2.45, 2.75) is 57.8 Å². The van der Waals surface area contributed by atoms with E-state index >= 15 is 0 Å². The molecule has 4 N–H and O–H groups in total. The molecule has 0 spiro atoms. The standard InChI is InChI=1S/C28H29BrN8O4/c1-28(2,3)41-27(40)33-15-7-8-17-16(11-15)23-24(30)31-13-32-25(23)36(17)12-22(38)37-18-9-14(18)10-19(37)26(39)35-21-6-4-5-20(29)34-21/h4-8,11,13-14,18-19H,9-10,12H2,1-3H3,(H,33,40)(H2,30,31,32)(H,34,35,39)/t14?,18-,19+/m1/s1. The number of pyridine rings is 1. The maximum Gasteiger partial charge on any atom is 0.412 e. The van der Waals surface area contributed by atoms with Crippen molar-refractivity contribution in [3.8, 4) is 0 Å². The van der Waals surface area contributed by atoms with Gasteiger partial charge in [0.15, 0.2) is 0 Å². The molecule has 3 amide bonds. The molecule has 2 aliphatic rings. The molecule has 12 nitrogen and oxygen atoms in total. The monoisotopic (exact) mass is 620 g/mol. The molecule has 1 unspecified atom stereocenters.